The van der Waals surface area contributed by atoms with E-state index in [-0.39, 0.29) is 17.7 Å². The number of rotatable bonds is 3. The number of nitrogens with zero attached hydrogens (tertiary/aromatic N) is 2. The van der Waals surface area contributed by atoms with Gasteiger partial charge >= 0.3 is 5.97 Å². The van der Waals surface area contributed by atoms with E-state index >= 15 is 0 Å². The molecule has 0 atom stereocenters. The van der Waals surface area contributed by atoms with Crippen molar-refractivity contribution in [3.05, 3.63) is 29.3 Å². The highest BCUT2D eigenvalue weighted by Crippen LogP contribution is 2.20. The van der Waals surface area contributed by atoms with Crippen molar-refractivity contribution in [1.82, 2.24) is 0 Å². The lowest BCUT2D eigenvalue weighted by atomic mass is 10.00. The van der Waals surface area contributed by atoms with Crippen LogP contribution in [0.4, 0.5) is 0 Å². The fraction of sp³-hybridized carbons (Fsp3) is 0.182. The number of phenols is 1. The smallest absolute Gasteiger partial charge is 0.339 e. The first-order valence-corrected chi connectivity index (χ1v) is 4.43. The number of hydrogen-bond donors (Lipinski definition) is 2. The number of carboxylic acid groups (broad SMARTS) is 1. The van der Waals surface area contributed by atoms with Gasteiger partial charge in [-0.05, 0) is 17.7 Å². The molecule has 80 valence electrons. The third-order valence-corrected chi connectivity index (χ3v) is 2.04. The Kier molecular flexibility index (Phi) is 3.47. The summed E-state index contributed by atoms with van der Waals surface area (Å²) in [5.41, 5.74) is 0.301. The highest BCUT2D eigenvalue weighted by atomic mass is 16.4. The Morgan fingerprint density at radius 1 is 1.38 bits per heavy atom. The van der Waals surface area contributed by atoms with Gasteiger partial charge in [0.05, 0.1) is 12.1 Å². The maximum Gasteiger partial charge on any atom is 0.339 e. The number of carbonyl (C=O) groups is 1. The average Bonchev–Trinajstić information content (AvgIpc) is 2.27. The van der Waals surface area contributed by atoms with E-state index in [0.717, 1.165) is 0 Å². The third kappa shape index (κ3) is 2.49. The van der Waals surface area contributed by atoms with Crippen LogP contribution < -0.4 is 0 Å². The summed E-state index contributed by atoms with van der Waals surface area (Å²) in [5.74, 6) is -2.39. The molecule has 0 fully saturated rings. The SMILES string of the molecule is N#CC(C#N)Cc1ccc(O)c(C(=O)O)c1. The fourth-order valence-corrected chi connectivity index (χ4v) is 1.24. The second-order valence-electron chi connectivity index (χ2n) is 3.17. The zero-order valence-electron chi connectivity index (χ0n) is 8.21. The van der Waals surface area contributed by atoms with E-state index in [4.69, 9.17) is 15.6 Å². The molecule has 2 N–H and O–H groups in total. The first kappa shape index (κ1) is 11.5. The van der Waals surface area contributed by atoms with Gasteiger partial charge in [-0.3, -0.25) is 0 Å². The van der Waals surface area contributed by atoms with E-state index < -0.39 is 11.9 Å². The molecule has 1 aromatic rings. The molecule has 0 saturated heterocycles. The largest absolute Gasteiger partial charge is 0.507 e. The van der Waals surface area contributed by atoms with E-state index in [1.165, 1.54) is 18.2 Å². The van der Waals surface area contributed by atoms with Gasteiger partial charge in [0.1, 0.15) is 17.2 Å². The lowest BCUT2D eigenvalue weighted by Crippen LogP contribution is -2.02. The molecule has 0 heterocycles. The number of hydrogen-bond acceptors (Lipinski definition) is 4. The van der Waals surface area contributed by atoms with Crippen LogP contribution in [-0.2, 0) is 6.42 Å². The van der Waals surface area contributed by atoms with Gasteiger partial charge in [-0.15, -0.1) is 0 Å². The Labute approximate surface area is 91.8 Å². The van der Waals surface area contributed by atoms with Crippen molar-refractivity contribution in [3.8, 4) is 17.9 Å². The molecule has 5 nitrogen and oxygen atoms in total. The van der Waals surface area contributed by atoms with Crippen LogP contribution in [-0.4, -0.2) is 16.2 Å². The zero-order valence-corrected chi connectivity index (χ0v) is 8.21. The van der Waals surface area contributed by atoms with Crippen LogP contribution in [0.3, 0.4) is 0 Å². The normalized spacial score (nSPS) is 9.44. The summed E-state index contributed by atoms with van der Waals surface area (Å²) < 4.78 is 0. The predicted molar refractivity (Wildman–Crippen MR) is 53.5 cm³/mol. The first-order chi connectivity index (χ1) is 7.58. The maximum absolute atomic E-state index is 10.7. The molecule has 0 aliphatic heterocycles. The summed E-state index contributed by atoms with van der Waals surface area (Å²) >= 11 is 0. The van der Waals surface area contributed by atoms with Crippen molar-refractivity contribution < 1.29 is 15.0 Å². The second-order valence-corrected chi connectivity index (χ2v) is 3.17. The second kappa shape index (κ2) is 4.81. The number of aromatic carboxylic acids is 1. The lowest BCUT2D eigenvalue weighted by Gasteiger charge is -2.04. The van der Waals surface area contributed by atoms with E-state index in [9.17, 15) is 9.90 Å². The Bertz CT molecular complexity index is 483. The van der Waals surface area contributed by atoms with Crippen LogP contribution >= 0.6 is 0 Å². The summed E-state index contributed by atoms with van der Waals surface area (Å²) in [7, 11) is 0. The Morgan fingerprint density at radius 2 is 2.00 bits per heavy atom. The quantitative estimate of drug-likeness (QED) is 0.792. The van der Waals surface area contributed by atoms with Gasteiger partial charge in [-0.2, -0.15) is 10.5 Å². The minimum absolute atomic E-state index is 0.146. The van der Waals surface area contributed by atoms with Crippen LogP contribution in [0, 0.1) is 28.6 Å². The Balaban J connectivity index is 3.01. The molecule has 0 aliphatic carbocycles. The van der Waals surface area contributed by atoms with Crippen LogP contribution in [0.5, 0.6) is 5.75 Å². The molecule has 0 unspecified atom stereocenters. The average molecular weight is 216 g/mol. The van der Waals surface area contributed by atoms with Crippen LogP contribution in [0.1, 0.15) is 15.9 Å². The van der Waals surface area contributed by atoms with Crippen molar-refractivity contribution in [2.45, 2.75) is 6.42 Å². The van der Waals surface area contributed by atoms with Gasteiger partial charge in [0.25, 0.3) is 0 Å². The topological polar surface area (TPSA) is 105 Å². The summed E-state index contributed by atoms with van der Waals surface area (Å²) in [4.78, 5) is 10.7. The first-order valence-electron chi connectivity index (χ1n) is 4.43. The van der Waals surface area contributed by atoms with Crippen molar-refractivity contribution >= 4 is 5.97 Å². The maximum atomic E-state index is 10.7. The van der Waals surface area contributed by atoms with Crippen LogP contribution in [0.15, 0.2) is 18.2 Å². The highest BCUT2D eigenvalue weighted by molar-refractivity contribution is 5.90. The minimum atomic E-state index is -1.25. The molecule has 1 aromatic carbocycles. The monoisotopic (exact) mass is 216 g/mol. The number of carboxylic acids is 1. The van der Waals surface area contributed by atoms with Crippen molar-refractivity contribution in [2.75, 3.05) is 0 Å². The molecular weight excluding hydrogens is 208 g/mol. The van der Waals surface area contributed by atoms with E-state index in [1.54, 1.807) is 12.1 Å². The molecular formula is C11H8N2O3. The van der Waals surface area contributed by atoms with Gasteiger partial charge in [0, 0.05) is 6.42 Å². The van der Waals surface area contributed by atoms with Crippen molar-refractivity contribution in [3.63, 3.8) is 0 Å². The number of nitriles is 2. The highest BCUT2D eigenvalue weighted by Gasteiger charge is 2.12. The summed E-state index contributed by atoms with van der Waals surface area (Å²) in [6, 6.07) is 7.58. The summed E-state index contributed by atoms with van der Waals surface area (Å²) in [6.45, 7) is 0. The predicted octanol–water partition coefficient (Wildman–Crippen LogP) is 1.30. The Morgan fingerprint density at radius 3 is 2.50 bits per heavy atom. The molecule has 1 rings (SSSR count). The number of aromatic hydroxyl groups is 1. The number of benzene rings is 1. The van der Waals surface area contributed by atoms with Gasteiger partial charge < -0.3 is 10.2 Å². The lowest BCUT2D eigenvalue weighted by molar-refractivity contribution is 0.0693. The zero-order chi connectivity index (χ0) is 12.1. The van der Waals surface area contributed by atoms with Crippen molar-refractivity contribution in [1.29, 1.82) is 10.5 Å². The molecule has 0 radical (unpaired) electrons. The van der Waals surface area contributed by atoms with E-state index in [1.807, 2.05) is 0 Å². The fourth-order valence-electron chi connectivity index (χ4n) is 1.24. The molecule has 16 heavy (non-hydrogen) atoms. The van der Waals surface area contributed by atoms with E-state index in [2.05, 4.69) is 0 Å². The summed E-state index contributed by atoms with van der Waals surface area (Å²) in [6.07, 6.45) is 0.146. The minimum Gasteiger partial charge on any atom is -0.507 e. The van der Waals surface area contributed by atoms with Crippen molar-refractivity contribution in [2.24, 2.45) is 5.92 Å². The summed E-state index contributed by atoms with van der Waals surface area (Å²) in [5, 5.41) is 35.2. The molecule has 0 bridgehead atoms. The molecule has 0 amide bonds. The van der Waals surface area contributed by atoms with Crippen LogP contribution in [0.2, 0.25) is 0 Å². The van der Waals surface area contributed by atoms with Gasteiger partial charge in [-0.1, -0.05) is 6.07 Å². The molecule has 0 aromatic heterocycles. The third-order valence-electron chi connectivity index (χ3n) is 2.04. The molecule has 0 spiro atoms. The van der Waals surface area contributed by atoms with Crippen LogP contribution in [0.25, 0.3) is 0 Å². The van der Waals surface area contributed by atoms with Gasteiger partial charge in [0.15, 0.2) is 0 Å². The Hall–Kier alpha value is -2.53. The van der Waals surface area contributed by atoms with Gasteiger partial charge in [0.2, 0.25) is 0 Å². The molecule has 0 saturated carbocycles. The standard InChI is InChI=1S/C11H8N2O3/c12-5-8(6-13)3-7-1-2-10(14)9(4-7)11(15)16/h1-2,4,8,14H,3H2,(H,15,16). The molecule has 0 aliphatic rings. The molecule has 5 heteroatoms. The van der Waals surface area contributed by atoms with E-state index in [0.29, 0.717) is 5.56 Å². The van der Waals surface area contributed by atoms with Gasteiger partial charge in [-0.25, -0.2) is 4.79 Å².